The van der Waals surface area contributed by atoms with Gasteiger partial charge in [0.2, 0.25) is 0 Å². The van der Waals surface area contributed by atoms with Crippen LogP contribution >= 0.6 is 0 Å². The Balaban J connectivity index is 2.25. The third kappa shape index (κ3) is 3.43. The zero-order chi connectivity index (χ0) is 15.5. The minimum Gasteiger partial charge on any atom is -0.483 e. The molecule has 0 aromatic heterocycles. The highest BCUT2D eigenvalue weighted by atomic mass is 16.5. The molecule has 4 heteroatoms. The molecule has 2 rings (SSSR count). The molecular weight excluding hydrogens is 262 g/mol. The van der Waals surface area contributed by atoms with Crippen molar-refractivity contribution in [3.8, 4) is 5.75 Å². The van der Waals surface area contributed by atoms with Crippen molar-refractivity contribution in [3.05, 3.63) is 18.2 Å². The first-order valence-electron chi connectivity index (χ1n) is 7.98. The van der Waals surface area contributed by atoms with Crippen LogP contribution in [-0.4, -0.2) is 44.2 Å². The van der Waals surface area contributed by atoms with Gasteiger partial charge in [0.05, 0.1) is 12.2 Å². The van der Waals surface area contributed by atoms with E-state index >= 15 is 0 Å². The zero-order valence-electron chi connectivity index (χ0n) is 13.9. The van der Waals surface area contributed by atoms with Crippen LogP contribution in [0.4, 0.5) is 11.4 Å². The molecule has 1 aliphatic heterocycles. The Morgan fingerprint density at radius 1 is 1.29 bits per heavy atom. The number of nitrogen functional groups attached to an aromatic ring is 1. The van der Waals surface area contributed by atoms with Crippen molar-refractivity contribution >= 4 is 11.4 Å². The van der Waals surface area contributed by atoms with E-state index in [0.717, 1.165) is 56.0 Å². The van der Waals surface area contributed by atoms with Gasteiger partial charge >= 0.3 is 0 Å². The van der Waals surface area contributed by atoms with Crippen molar-refractivity contribution in [2.75, 3.05) is 44.4 Å². The topological polar surface area (TPSA) is 41.7 Å². The Labute approximate surface area is 128 Å². The Morgan fingerprint density at radius 3 is 2.62 bits per heavy atom. The quantitative estimate of drug-likeness (QED) is 0.818. The van der Waals surface area contributed by atoms with Gasteiger partial charge in [-0.3, -0.25) is 0 Å². The summed E-state index contributed by atoms with van der Waals surface area (Å²) in [6, 6.07) is 5.99. The molecule has 0 amide bonds. The summed E-state index contributed by atoms with van der Waals surface area (Å²) in [6.07, 6.45) is 3.16. The Hall–Kier alpha value is -1.42. The first-order chi connectivity index (χ1) is 10.0. The lowest BCUT2D eigenvalue weighted by Gasteiger charge is -2.44. The summed E-state index contributed by atoms with van der Waals surface area (Å²) in [7, 11) is 4.23. The molecule has 1 aliphatic rings. The molecule has 0 bridgehead atoms. The molecule has 0 unspecified atom stereocenters. The minimum atomic E-state index is -0.0844. The highest BCUT2D eigenvalue weighted by molar-refractivity contribution is 5.76. The molecule has 0 saturated carbocycles. The summed E-state index contributed by atoms with van der Waals surface area (Å²) in [4.78, 5) is 4.65. The molecular formula is C17H29N3O. The van der Waals surface area contributed by atoms with Gasteiger partial charge in [0.1, 0.15) is 17.0 Å². The Bertz CT molecular complexity index is 469. The van der Waals surface area contributed by atoms with Crippen molar-refractivity contribution in [3.63, 3.8) is 0 Å². The zero-order valence-corrected chi connectivity index (χ0v) is 13.9. The lowest BCUT2D eigenvalue weighted by molar-refractivity contribution is 0.0575. The van der Waals surface area contributed by atoms with Gasteiger partial charge in [-0.25, -0.2) is 0 Å². The summed E-state index contributed by atoms with van der Waals surface area (Å²) in [5, 5.41) is 0. The van der Waals surface area contributed by atoms with Crippen molar-refractivity contribution in [2.24, 2.45) is 0 Å². The summed E-state index contributed by atoms with van der Waals surface area (Å²) in [5.41, 5.74) is 8.01. The maximum atomic E-state index is 6.32. The lowest BCUT2D eigenvalue weighted by Crippen LogP contribution is -2.51. The van der Waals surface area contributed by atoms with Crippen LogP contribution < -0.4 is 15.4 Å². The van der Waals surface area contributed by atoms with E-state index in [1.165, 1.54) is 0 Å². The fourth-order valence-corrected chi connectivity index (χ4v) is 3.04. The lowest BCUT2D eigenvalue weighted by atomic mass is 9.93. The first-order valence-corrected chi connectivity index (χ1v) is 7.98. The van der Waals surface area contributed by atoms with Crippen molar-refractivity contribution in [1.82, 2.24) is 4.90 Å². The van der Waals surface area contributed by atoms with Crippen LogP contribution in [0.25, 0.3) is 0 Å². The van der Waals surface area contributed by atoms with Gasteiger partial charge in [-0.15, -0.1) is 0 Å². The monoisotopic (exact) mass is 291 g/mol. The molecule has 0 spiro atoms. The van der Waals surface area contributed by atoms with Gasteiger partial charge in [-0.2, -0.15) is 0 Å². The Kier molecular flexibility index (Phi) is 4.99. The maximum absolute atomic E-state index is 6.32. The molecule has 0 atom stereocenters. The number of ether oxygens (including phenoxy) is 1. The van der Waals surface area contributed by atoms with Crippen molar-refractivity contribution < 1.29 is 4.74 Å². The van der Waals surface area contributed by atoms with Gasteiger partial charge < -0.3 is 20.3 Å². The predicted molar refractivity (Wildman–Crippen MR) is 90.2 cm³/mol. The molecule has 2 N–H and O–H groups in total. The molecule has 4 nitrogen and oxygen atoms in total. The number of nitrogens with zero attached hydrogens (tertiary/aromatic N) is 2. The maximum Gasteiger partial charge on any atom is 0.145 e. The second kappa shape index (κ2) is 6.56. The molecule has 21 heavy (non-hydrogen) atoms. The van der Waals surface area contributed by atoms with Crippen LogP contribution in [-0.2, 0) is 0 Å². The SMILES string of the molecule is CCC1(CC)CN(CCCN(C)C)c2c(N)cccc2O1. The number of hydrogen-bond acceptors (Lipinski definition) is 4. The highest BCUT2D eigenvalue weighted by Crippen LogP contribution is 2.43. The van der Waals surface area contributed by atoms with Crippen LogP contribution in [0.3, 0.4) is 0 Å². The third-order valence-electron chi connectivity index (χ3n) is 4.47. The van der Waals surface area contributed by atoms with Crippen LogP contribution in [0.15, 0.2) is 18.2 Å². The van der Waals surface area contributed by atoms with E-state index in [1.807, 2.05) is 18.2 Å². The van der Waals surface area contributed by atoms with Gasteiger partial charge in [0.15, 0.2) is 0 Å². The largest absolute Gasteiger partial charge is 0.483 e. The Morgan fingerprint density at radius 2 is 2.00 bits per heavy atom. The van der Waals surface area contributed by atoms with Gasteiger partial charge in [0, 0.05) is 6.54 Å². The number of fused-ring (bicyclic) bond motifs is 1. The van der Waals surface area contributed by atoms with Crippen LogP contribution in [0, 0.1) is 0 Å². The molecule has 1 aromatic rings. The normalized spacial score (nSPS) is 16.7. The number of nitrogens with two attached hydrogens (primary N) is 1. The standard InChI is InChI=1S/C17H29N3O/c1-5-17(6-2)13-20(12-8-11-19(3)4)16-14(18)9-7-10-15(16)21-17/h7,9-10H,5-6,8,11-13,18H2,1-4H3. The van der Waals surface area contributed by atoms with Crippen molar-refractivity contribution in [2.45, 2.75) is 38.7 Å². The second-order valence-corrected chi connectivity index (χ2v) is 6.26. The fourth-order valence-electron chi connectivity index (χ4n) is 3.04. The third-order valence-corrected chi connectivity index (χ3v) is 4.47. The van der Waals surface area contributed by atoms with E-state index in [-0.39, 0.29) is 5.60 Å². The van der Waals surface area contributed by atoms with Gasteiger partial charge in [-0.1, -0.05) is 19.9 Å². The van der Waals surface area contributed by atoms with E-state index in [4.69, 9.17) is 10.5 Å². The van der Waals surface area contributed by atoms with E-state index in [9.17, 15) is 0 Å². The van der Waals surface area contributed by atoms with E-state index in [2.05, 4.69) is 37.7 Å². The molecule has 0 saturated heterocycles. The fraction of sp³-hybridized carbons (Fsp3) is 0.647. The second-order valence-electron chi connectivity index (χ2n) is 6.26. The van der Waals surface area contributed by atoms with Gasteiger partial charge in [0.25, 0.3) is 0 Å². The van der Waals surface area contributed by atoms with Crippen molar-refractivity contribution in [1.29, 1.82) is 0 Å². The molecule has 1 heterocycles. The molecule has 118 valence electrons. The van der Waals surface area contributed by atoms with E-state index in [0.29, 0.717) is 0 Å². The number of hydrogen-bond donors (Lipinski definition) is 1. The molecule has 0 aliphatic carbocycles. The minimum absolute atomic E-state index is 0.0844. The summed E-state index contributed by atoms with van der Waals surface area (Å²) in [6.45, 7) is 7.45. The van der Waals surface area contributed by atoms with Crippen LogP contribution in [0.2, 0.25) is 0 Å². The average Bonchev–Trinajstić information content (AvgIpc) is 2.46. The van der Waals surface area contributed by atoms with Gasteiger partial charge in [-0.05, 0) is 52.0 Å². The van der Waals surface area contributed by atoms with Crippen LogP contribution in [0.5, 0.6) is 5.75 Å². The first kappa shape index (κ1) is 16.0. The van der Waals surface area contributed by atoms with E-state index < -0.39 is 0 Å². The molecule has 1 aromatic carbocycles. The number of benzene rings is 1. The molecule has 0 fully saturated rings. The summed E-state index contributed by atoms with van der Waals surface area (Å²) >= 11 is 0. The average molecular weight is 291 g/mol. The van der Waals surface area contributed by atoms with Crippen LogP contribution in [0.1, 0.15) is 33.1 Å². The molecule has 0 radical (unpaired) electrons. The predicted octanol–water partition coefficient (Wildman–Crippen LogP) is 2.98. The summed E-state index contributed by atoms with van der Waals surface area (Å²) in [5.74, 6) is 0.940. The summed E-state index contributed by atoms with van der Waals surface area (Å²) < 4.78 is 6.32. The number of anilines is 2. The number of rotatable bonds is 6. The van der Waals surface area contributed by atoms with E-state index in [1.54, 1.807) is 0 Å². The highest BCUT2D eigenvalue weighted by Gasteiger charge is 2.37. The number of para-hydroxylation sites is 1. The smallest absolute Gasteiger partial charge is 0.145 e.